The van der Waals surface area contributed by atoms with Gasteiger partial charge in [0.15, 0.2) is 6.10 Å². The molecular weight excluding hydrogens is 361 g/mol. The Morgan fingerprint density at radius 1 is 1.16 bits per heavy atom. The highest BCUT2D eigenvalue weighted by molar-refractivity contribution is 6.31. The number of oxime groups is 1. The lowest BCUT2D eigenvalue weighted by molar-refractivity contribution is 0.0751. The molecule has 0 fully saturated rings. The summed E-state index contributed by atoms with van der Waals surface area (Å²) in [6.45, 7) is 0. The molecule has 25 heavy (non-hydrogen) atoms. The normalized spacial score (nSPS) is 12.8. The van der Waals surface area contributed by atoms with Crippen molar-refractivity contribution < 1.29 is 10.0 Å². The molecule has 1 unspecified atom stereocenters. The number of hydrogen-bond acceptors (Lipinski definition) is 4. The third-order valence-corrected chi connectivity index (χ3v) is 4.27. The predicted molar refractivity (Wildman–Crippen MR) is 97.5 cm³/mol. The van der Waals surface area contributed by atoms with Crippen molar-refractivity contribution in [2.75, 3.05) is 0 Å². The fourth-order valence-corrected chi connectivity index (χ4v) is 2.77. The van der Waals surface area contributed by atoms with Crippen LogP contribution in [0.3, 0.4) is 0 Å². The lowest BCUT2D eigenvalue weighted by Gasteiger charge is -2.20. The Morgan fingerprint density at radius 2 is 1.92 bits per heavy atom. The minimum Gasteiger partial charge on any atom is -0.411 e. The molecule has 1 heterocycles. The van der Waals surface area contributed by atoms with E-state index in [9.17, 15) is 5.21 Å². The predicted octanol–water partition coefficient (Wildman–Crippen LogP) is 4.11. The van der Waals surface area contributed by atoms with Crippen LogP contribution in [0.25, 0.3) is 0 Å². The monoisotopic (exact) mass is 375 g/mol. The van der Waals surface area contributed by atoms with Gasteiger partial charge in [-0.2, -0.15) is 4.73 Å². The summed E-state index contributed by atoms with van der Waals surface area (Å²) in [6, 6.07) is 14.5. The SMILES string of the molecule is ON=C(c1ccc(Cl)cc1)C(Cc1ccccc1Cl)On1ccnc1. The highest BCUT2D eigenvalue weighted by atomic mass is 35.5. The molecular formula is C18H15Cl2N3O2. The molecule has 0 aliphatic carbocycles. The Balaban J connectivity index is 1.94. The molecule has 0 amide bonds. The van der Waals surface area contributed by atoms with Crippen LogP contribution in [0.15, 0.2) is 72.4 Å². The molecule has 0 bridgehead atoms. The van der Waals surface area contributed by atoms with Crippen LogP contribution in [-0.2, 0) is 6.42 Å². The van der Waals surface area contributed by atoms with Crippen molar-refractivity contribution in [1.29, 1.82) is 0 Å². The highest BCUT2D eigenvalue weighted by Crippen LogP contribution is 2.20. The van der Waals surface area contributed by atoms with Crippen LogP contribution in [-0.4, -0.2) is 26.7 Å². The summed E-state index contributed by atoms with van der Waals surface area (Å²) in [5.41, 5.74) is 1.94. The number of rotatable bonds is 6. The molecule has 128 valence electrons. The topological polar surface area (TPSA) is 59.6 Å². The molecule has 0 aliphatic heterocycles. The average molecular weight is 376 g/mol. The first-order valence-electron chi connectivity index (χ1n) is 7.54. The summed E-state index contributed by atoms with van der Waals surface area (Å²) >= 11 is 12.2. The van der Waals surface area contributed by atoms with Gasteiger partial charge in [-0.15, -0.1) is 0 Å². The van der Waals surface area contributed by atoms with Crippen molar-refractivity contribution in [3.63, 3.8) is 0 Å². The second-order valence-electron chi connectivity index (χ2n) is 5.30. The van der Waals surface area contributed by atoms with Crippen molar-refractivity contribution in [1.82, 2.24) is 9.71 Å². The molecule has 5 nitrogen and oxygen atoms in total. The number of nitrogens with zero attached hydrogens (tertiary/aromatic N) is 3. The second-order valence-corrected chi connectivity index (χ2v) is 6.15. The quantitative estimate of drug-likeness (QED) is 0.400. The van der Waals surface area contributed by atoms with E-state index >= 15 is 0 Å². The summed E-state index contributed by atoms with van der Waals surface area (Å²) in [5, 5.41) is 14.3. The highest BCUT2D eigenvalue weighted by Gasteiger charge is 2.23. The Bertz CT molecular complexity index is 849. The van der Waals surface area contributed by atoms with Gasteiger partial charge in [0.1, 0.15) is 12.0 Å². The number of aromatic nitrogens is 2. The standard InChI is InChI=1S/C18H15Cl2N3O2/c19-15-7-5-13(6-8-15)18(22-24)17(25-23-10-9-21-12-23)11-14-3-1-2-4-16(14)20/h1-10,12,17,24H,11H2. The third-order valence-electron chi connectivity index (χ3n) is 3.64. The van der Waals surface area contributed by atoms with E-state index in [1.807, 2.05) is 24.3 Å². The Kier molecular flexibility index (Phi) is 5.58. The van der Waals surface area contributed by atoms with Gasteiger partial charge in [-0.3, -0.25) is 0 Å². The van der Waals surface area contributed by atoms with E-state index in [0.717, 1.165) is 5.56 Å². The van der Waals surface area contributed by atoms with Crippen molar-refractivity contribution >= 4 is 28.9 Å². The Labute approximate surface area is 155 Å². The molecule has 0 saturated heterocycles. The first-order chi connectivity index (χ1) is 12.2. The van der Waals surface area contributed by atoms with E-state index in [-0.39, 0.29) is 0 Å². The molecule has 3 rings (SSSR count). The van der Waals surface area contributed by atoms with Gasteiger partial charge >= 0.3 is 0 Å². The van der Waals surface area contributed by atoms with E-state index in [0.29, 0.717) is 27.7 Å². The number of benzene rings is 2. The van der Waals surface area contributed by atoms with Crippen LogP contribution in [0.4, 0.5) is 0 Å². The number of halogens is 2. The van der Waals surface area contributed by atoms with Gasteiger partial charge in [0.25, 0.3) is 0 Å². The third kappa shape index (κ3) is 4.32. The van der Waals surface area contributed by atoms with Crippen LogP contribution in [0.1, 0.15) is 11.1 Å². The molecule has 2 aromatic carbocycles. The van der Waals surface area contributed by atoms with E-state index in [1.165, 1.54) is 11.1 Å². The summed E-state index contributed by atoms with van der Waals surface area (Å²) in [6.07, 6.45) is 4.62. The van der Waals surface area contributed by atoms with Crippen molar-refractivity contribution in [2.45, 2.75) is 12.5 Å². The maximum absolute atomic E-state index is 9.61. The first kappa shape index (κ1) is 17.3. The second kappa shape index (κ2) is 8.05. The first-order valence-corrected chi connectivity index (χ1v) is 8.29. The fourth-order valence-electron chi connectivity index (χ4n) is 2.43. The van der Waals surface area contributed by atoms with E-state index in [1.54, 1.807) is 36.7 Å². The van der Waals surface area contributed by atoms with Crippen LogP contribution in [0.2, 0.25) is 10.0 Å². The van der Waals surface area contributed by atoms with Crippen LogP contribution >= 0.6 is 23.2 Å². The zero-order valence-corrected chi connectivity index (χ0v) is 14.6. The molecule has 1 N–H and O–H groups in total. The zero-order valence-electron chi connectivity index (χ0n) is 13.1. The molecule has 7 heteroatoms. The lowest BCUT2D eigenvalue weighted by atomic mass is 9.99. The van der Waals surface area contributed by atoms with Crippen LogP contribution in [0.5, 0.6) is 0 Å². The van der Waals surface area contributed by atoms with Gasteiger partial charge in [0, 0.05) is 28.2 Å². The maximum Gasteiger partial charge on any atom is 0.175 e. The molecule has 3 aromatic rings. The lowest BCUT2D eigenvalue weighted by Crippen LogP contribution is -2.35. The average Bonchev–Trinajstić information content (AvgIpc) is 3.12. The molecule has 1 aromatic heterocycles. The molecule has 0 saturated carbocycles. The van der Waals surface area contributed by atoms with Gasteiger partial charge in [-0.05, 0) is 23.8 Å². The summed E-state index contributed by atoms with van der Waals surface area (Å²) in [4.78, 5) is 9.88. The summed E-state index contributed by atoms with van der Waals surface area (Å²) in [5.74, 6) is 0. The molecule has 0 spiro atoms. The molecule has 0 aliphatic rings. The minimum absolute atomic E-state index is 0.366. The van der Waals surface area contributed by atoms with Crippen molar-refractivity contribution in [2.24, 2.45) is 5.16 Å². The fraction of sp³-hybridized carbons (Fsp3) is 0.111. The largest absolute Gasteiger partial charge is 0.411 e. The summed E-state index contributed by atoms with van der Waals surface area (Å²) < 4.78 is 1.46. The number of imidazole rings is 1. The van der Waals surface area contributed by atoms with Gasteiger partial charge in [0.2, 0.25) is 0 Å². The Hall–Kier alpha value is -2.50. The number of hydrogen-bond donors (Lipinski definition) is 1. The van der Waals surface area contributed by atoms with E-state index in [2.05, 4.69) is 10.1 Å². The van der Waals surface area contributed by atoms with Gasteiger partial charge in [-0.25, -0.2) is 4.98 Å². The van der Waals surface area contributed by atoms with Crippen molar-refractivity contribution in [3.8, 4) is 0 Å². The maximum atomic E-state index is 9.61. The molecule has 0 radical (unpaired) electrons. The van der Waals surface area contributed by atoms with Gasteiger partial charge in [0.05, 0.1) is 6.20 Å². The van der Waals surface area contributed by atoms with Crippen molar-refractivity contribution in [3.05, 3.63) is 88.4 Å². The zero-order chi connectivity index (χ0) is 17.6. The van der Waals surface area contributed by atoms with Crippen LogP contribution in [0, 0.1) is 0 Å². The Morgan fingerprint density at radius 3 is 2.56 bits per heavy atom. The van der Waals surface area contributed by atoms with E-state index in [4.69, 9.17) is 28.0 Å². The minimum atomic E-state index is -0.583. The van der Waals surface area contributed by atoms with Gasteiger partial charge < -0.3 is 10.0 Å². The van der Waals surface area contributed by atoms with Gasteiger partial charge in [-0.1, -0.05) is 58.7 Å². The smallest absolute Gasteiger partial charge is 0.175 e. The summed E-state index contributed by atoms with van der Waals surface area (Å²) in [7, 11) is 0. The van der Waals surface area contributed by atoms with Crippen LogP contribution < -0.4 is 4.84 Å². The molecule has 1 atom stereocenters. The van der Waals surface area contributed by atoms with E-state index < -0.39 is 6.10 Å².